The molecular weight excluding hydrogens is 264 g/mol. The number of benzene rings is 1. The van der Waals surface area contributed by atoms with Gasteiger partial charge in [-0.2, -0.15) is 0 Å². The van der Waals surface area contributed by atoms with Crippen molar-refractivity contribution in [2.24, 2.45) is 0 Å². The molecule has 1 N–H and O–H groups in total. The summed E-state index contributed by atoms with van der Waals surface area (Å²) in [5.41, 5.74) is 1.74. The molecule has 3 aromatic rings. The molecule has 0 fully saturated rings. The van der Waals surface area contributed by atoms with E-state index in [1.807, 2.05) is 18.2 Å². The van der Waals surface area contributed by atoms with Gasteiger partial charge in [0.2, 0.25) is 0 Å². The van der Waals surface area contributed by atoms with Crippen molar-refractivity contribution in [3.05, 3.63) is 36.1 Å². The van der Waals surface area contributed by atoms with Gasteiger partial charge in [0, 0.05) is 6.07 Å². The molecule has 6 heteroatoms. The molecule has 0 aliphatic heterocycles. The van der Waals surface area contributed by atoms with Crippen LogP contribution in [0.15, 0.2) is 45.0 Å². The molecule has 0 amide bonds. The third kappa shape index (κ3) is 2.34. The number of methoxy groups -OCH3 is 1. The average Bonchev–Trinajstić information content (AvgIpc) is 3.03. The number of aromatic nitrogens is 2. The van der Waals surface area contributed by atoms with Crippen molar-refractivity contribution in [3.8, 4) is 5.75 Å². The molecule has 96 valence electrons. The van der Waals surface area contributed by atoms with Crippen molar-refractivity contribution in [2.75, 3.05) is 7.11 Å². The van der Waals surface area contributed by atoms with Crippen LogP contribution in [0, 0.1) is 0 Å². The first kappa shape index (κ1) is 11.9. The van der Waals surface area contributed by atoms with E-state index in [9.17, 15) is 4.79 Å². The van der Waals surface area contributed by atoms with E-state index in [-0.39, 0.29) is 0 Å². The fraction of sp³-hybridized carbons (Fsp3) is 0.0769. The van der Waals surface area contributed by atoms with E-state index in [1.54, 1.807) is 19.2 Å². The Kier molecular flexibility index (Phi) is 3.00. The first-order valence-electron chi connectivity index (χ1n) is 5.55. The van der Waals surface area contributed by atoms with Crippen molar-refractivity contribution >= 4 is 29.1 Å². The lowest BCUT2D eigenvalue weighted by molar-refractivity contribution is 0.109. The van der Waals surface area contributed by atoms with E-state index < -0.39 is 0 Å². The van der Waals surface area contributed by atoms with Crippen LogP contribution < -0.4 is 4.74 Å². The van der Waals surface area contributed by atoms with Gasteiger partial charge in [0.1, 0.15) is 5.75 Å². The highest BCUT2D eigenvalue weighted by Gasteiger charge is 2.08. The predicted octanol–water partition coefficient (Wildman–Crippen LogP) is 3.13. The average molecular weight is 274 g/mol. The minimum atomic E-state index is 0.306. The first-order valence-corrected chi connectivity index (χ1v) is 6.37. The number of furan rings is 1. The molecule has 2 heterocycles. The Labute approximate surface area is 113 Å². The number of rotatable bonds is 4. The summed E-state index contributed by atoms with van der Waals surface area (Å²) >= 11 is 1.33. The highest BCUT2D eigenvalue weighted by Crippen LogP contribution is 2.29. The third-order valence-electron chi connectivity index (χ3n) is 2.58. The van der Waals surface area contributed by atoms with E-state index in [4.69, 9.17) is 9.15 Å². The number of imidazole rings is 1. The zero-order valence-corrected chi connectivity index (χ0v) is 10.9. The monoisotopic (exact) mass is 274 g/mol. The molecule has 0 atom stereocenters. The van der Waals surface area contributed by atoms with E-state index >= 15 is 0 Å². The quantitative estimate of drug-likeness (QED) is 0.740. The summed E-state index contributed by atoms with van der Waals surface area (Å²) in [6.07, 6.45) is 0.674. The Bertz CT molecular complexity index is 732. The van der Waals surface area contributed by atoms with E-state index in [0.717, 1.165) is 16.8 Å². The van der Waals surface area contributed by atoms with Gasteiger partial charge in [-0.3, -0.25) is 4.79 Å². The number of hydrogen-bond donors (Lipinski definition) is 1. The summed E-state index contributed by atoms with van der Waals surface area (Å²) in [6.45, 7) is 0. The highest BCUT2D eigenvalue weighted by molar-refractivity contribution is 7.99. The van der Waals surface area contributed by atoms with Crippen LogP contribution in [-0.4, -0.2) is 23.4 Å². The van der Waals surface area contributed by atoms with Gasteiger partial charge in [-0.15, -0.1) is 0 Å². The van der Waals surface area contributed by atoms with E-state index in [2.05, 4.69) is 9.97 Å². The number of aldehydes is 1. The molecule has 0 saturated carbocycles. The van der Waals surface area contributed by atoms with Crippen LogP contribution in [0.1, 0.15) is 10.6 Å². The van der Waals surface area contributed by atoms with E-state index in [1.165, 1.54) is 11.8 Å². The minimum Gasteiger partial charge on any atom is -0.497 e. The molecule has 0 aliphatic rings. The fourth-order valence-corrected chi connectivity index (χ4v) is 2.45. The fourth-order valence-electron chi connectivity index (χ4n) is 1.69. The molecule has 0 aliphatic carbocycles. The molecule has 1 aromatic carbocycles. The largest absolute Gasteiger partial charge is 0.497 e. The van der Waals surface area contributed by atoms with Crippen LogP contribution in [0.3, 0.4) is 0 Å². The lowest BCUT2D eigenvalue weighted by Gasteiger charge is -1.96. The Hall–Kier alpha value is -2.21. The molecule has 3 rings (SSSR count). The summed E-state index contributed by atoms with van der Waals surface area (Å²) in [7, 11) is 1.62. The number of carbonyl (C=O) groups is 1. The van der Waals surface area contributed by atoms with Gasteiger partial charge in [0.15, 0.2) is 22.3 Å². The van der Waals surface area contributed by atoms with Crippen LogP contribution in [0.2, 0.25) is 0 Å². The van der Waals surface area contributed by atoms with Crippen molar-refractivity contribution in [1.82, 2.24) is 9.97 Å². The van der Waals surface area contributed by atoms with Gasteiger partial charge in [-0.1, -0.05) is 0 Å². The number of H-pyrrole nitrogens is 1. The maximum absolute atomic E-state index is 10.5. The number of nitrogens with one attached hydrogen (secondary N) is 1. The molecule has 0 bridgehead atoms. The number of fused-ring (bicyclic) bond motifs is 1. The van der Waals surface area contributed by atoms with Gasteiger partial charge < -0.3 is 14.1 Å². The first-order chi connectivity index (χ1) is 9.28. The second-order valence-corrected chi connectivity index (χ2v) is 4.79. The summed E-state index contributed by atoms with van der Waals surface area (Å²) < 4.78 is 10.4. The van der Waals surface area contributed by atoms with Crippen molar-refractivity contribution < 1.29 is 13.9 Å². The van der Waals surface area contributed by atoms with Crippen LogP contribution in [0.4, 0.5) is 0 Å². The van der Waals surface area contributed by atoms with E-state index in [0.29, 0.717) is 22.3 Å². The van der Waals surface area contributed by atoms with Crippen LogP contribution in [-0.2, 0) is 0 Å². The van der Waals surface area contributed by atoms with Gasteiger partial charge in [-0.25, -0.2) is 4.98 Å². The standard InChI is InChI=1S/C13H10N2O3S/c1-17-8-2-4-10-11(6-8)15-13(14-10)19-12-5-3-9(7-16)18-12/h2-7H,1H3,(H,14,15). The van der Waals surface area contributed by atoms with Gasteiger partial charge >= 0.3 is 0 Å². The molecule has 0 unspecified atom stereocenters. The van der Waals surface area contributed by atoms with Crippen molar-refractivity contribution in [3.63, 3.8) is 0 Å². The maximum atomic E-state index is 10.5. The number of ether oxygens (including phenoxy) is 1. The summed E-state index contributed by atoms with van der Waals surface area (Å²) in [5, 5.41) is 1.32. The van der Waals surface area contributed by atoms with Gasteiger partial charge in [0.05, 0.1) is 18.1 Å². The molecule has 0 spiro atoms. The molecule has 19 heavy (non-hydrogen) atoms. The Balaban J connectivity index is 1.90. The lowest BCUT2D eigenvalue weighted by atomic mass is 10.3. The molecule has 0 saturated heterocycles. The van der Waals surface area contributed by atoms with Gasteiger partial charge in [0.25, 0.3) is 0 Å². The number of nitrogens with zero attached hydrogens (tertiary/aromatic N) is 1. The second kappa shape index (κ2) is 4.81. The molecule has 2 aromatic heterocycles. The third-order valence-corrected chi connectivity index (χ3v) is 3.39. The van der Waals surface area contributed by atoms with Crippen LogP contribution in [0.5, 0.6) is 5.75 Å². The Morgan fingerprint density at radius 3 is 3.00 bits per heavy atom. The smallest absolute Gasteiger partial charge is 0.185 e. The number of carbonyl (C=O) groups excluding carboxylic acids is 1. The molecule has 0 radical (unpaired) electrons. The highest BCUT2D eigenvalue weighted by atomic mass is 32.2. The normalized spacial score (nSPS) is 10.8. The Morgan fingerprint density at radius 1 is 1.37 bits per heavy atom. The maximum Gasteiger partial charge on any atom is 0.185 e. The number of hydrogen-bond acceptors (Lipinski definition) is 5. The zero-order valence-electron chi connectivity index (χ0n) is 10.0. The summed E-state index contributed by atoms with van der Waals surface area (Å²) in [4.78, 5) is 18.1. The summed E-state index contributed by atoms with van der Waals surface area (Å²) in [6, 6.07) is 8.99. The van der Waals surface area contributed by atoms with Crippen molar-refractivity contribution in [2.45, 2.75) is 10.2 Å². The minimum absolute atomic E-state index is 0.306. The second-order valence-electron chi connectivity index (χ2n) is 3.80. The molecular formula is C13H10N2O3S. The van der Waals surface area contributed by atoms with Crippen molar-refractivity contribution in [1.29, 1.82) is 0 Å². The lowest BCUT2D eigenvalue weighted by Crippen LogP contribution is -1.81. The summed E-state index contributed by atoms with van der Waals surface area (Å²) in [5.74, 6) is 1.07. The van der Waals surface area contributed by atoms with Crippen LogP contribution in [0.25, 0.3) is 11.0 Å². The zero-order chi connectivity index (χ0) is 13.2. The number of aromatic amines is 1. The van der Waals surface area contributed by atoms with Crippen LogP contribution >= 0.6 is 11.8 Å². The topological polar surface area (TPSA) is 68.1 Å². The van der Waals surface area contributed by atoms with Gasteiger partial charge in [-0.05, 0) is 36.0 Å². The SMILES string of the molecule is COc1ccc2[nH]c(Sc3ccc(C=O)o3)nc2c1. The predicted molar refractivity (Wildman–Crippen MR) is 70.9 cm³/mol. The molecule has 5 nitrogen and oxygen atoms in total. The Morgan fingerprint density at radius 2 is 2.26 bits per heavy atom.